The number of benzene rings is 1. The Kier molecular flexibility index (Phi) is 4.17. The van der Waals surface area contributed by atoms with E-state index in [1.54, 1.807) is 18.2 Å². The molecule has 0 saturated carbocycles. The number of nitrogens with zero attached hydrogens (tertiary/aromatic N) is 4. The number of fused-ring (bicyclic) bond motifs is 1. The maximum absolute atomic E-state index is 12.6. The summed E-state index contributed by atoms with van der Waals surface area (Å²) in [5.74, 6) is 0. The number of aromatic nitrogens is 4. The van der Waals surface area contributed by atoms with Gasteiger partial charge in [0.1, 0.15) is 15.9 Å². The van der Waals surface area contributed by atoms with Crippen LogP contribution in [0.25, 0.3) is 11.0 Å². The van der Waals surface area contributed by atoms with Gasteiger partial charge in [-0.2, -0.15) is 13.8 Å². The summed E-state index contributed by atoms with van der Waals surface area (Å²) in [7, 11) is -3.67. The van der Waals surface area contributed by atoms with Crippen LogP contribution >= 0.6 is 11.7 Å². The van der Waals surface area contributed by atoms with Gasteiger partial charge in [-0.05, 0) is 32.9 Å². The Hall–Kier alpha value is -1.84. The van der Waals surface area contributed by atoms with Gasteiger partial charge in [0.2, 0.25) is 10.0 Å². The molecule has 2 aromatic heterocycles. The van der Waals surface area contributed by atoms with E-state index < -0.39 is 10.0 Å². The van der Waals surface area contributed by atoms with Crippen molar-refractivity contribution in [1.82, 2.24) is 23.2 Å². The number of rotatable bonds is 5. The summed E-state index contributed by atoms with van der Waals surface area (Å²) in [5, 5.41) is 4.40. The van der Waals surface area contributed by atoms with E-state index >= 15 is 0 Å². The first kappa shape index (κ1) is 16.0. The summed E-state index contributed by atoms with van der Waals surface area (Å²) in [6.45, 7) is 6.78. The Labute approximate surface area is 138 Å². The van der Waals surface area contributed by atoms with Crippen molar-refractivity contribution >= 4 is 32.8 Å². The first-order chi connectivity index (χ1) is 10.9. The molecule has 9 heteroatoms. The second-order valence-corrected chi connectivity index (χ2v) is 7.44. The molecular formula is C14H17N5O2S2. The standard InChI is InChI=1S/C14H17N5O2S2/c1-4-19-10(3)11(9(2)16-19)8-15-23(20,21)13-7-5-6-12-14(13)18-22-17-12/h5-7,15H,4,8H2,1-3H3. The highest BCUT2D eigenvalue weighted by atomic mass is 32.2. The molecule has 3 rings (SSSR count). The maximum Gasteiger partial charge on any atom is 0.243 e. The van der Waals surface area contributed by atoms with Gasteiger partial charge in [0.15, 0.2) is 0 Å². The number of hydrogen-bond donors (Lipinski definition) is 1. The lowest BCUT2D eigenvalue weighted by atomic mass is 10.2. The number of hydrogen-bond acceptors (Lipinski definition) is 6. The Morgan fingerprint density at radius 1 is 1.26 bits per heavy atom. The van der Waals surface area contributed by atoms with E-state index in [-0.39, 0.29) is 11.4 Å². The second-order valence-electron chi connectivity index (χ2n) is 5.18. The van der Waals surface area contributed by atoms with Crippen molar-refractivity contribution < 1.29 is 8.42 Å². The van der Waals surface area contributed by atoms with Crippen molar-refractivity contribution in [2.24, 2.45) is 0 Å². The summed E-state index contributed by atoms with van der Waals surface area (Å²) in [6, 6.07) is 4.96. The molecule has 0 aliphatic heterocycles. The van der Waals surface area contributed by atoms with Gasteiger partial charge in [0, 0.05) is 24.3 Å². The first-order valence-corrected chi connectivity index (χ1v) is 9.39. The molecule has 0 aliphatic carbocycles. The maximum atomic E-state index is 12.6. The van der Waals surface area contributed by atoms with Gasteiger partial charge in [-0.1, -0.05) is 6.07 Å². The summed E-state index contributed by atoms with van der Waals surface area (Å²) in [4.78, 5) is 0.155. The van der Waals surface area contributed by atoms with Crippen LogP contribution < -0.4 is 4.72 Å². The van der Waals surface area contributed by atoms with Gasteiger partial charge in [0.25, 0.3) is 0 Å². The molecule has 0 saturated heterocycles. The predicted octanol–water partition coefficient (Wildman–Crippen LogP) is 2.00. The van der Waals surface area contributed by atoms with Crippen molar-refractivity contribution in [2.45, 2.75) is 38.8 Å². The normalized spacial score (nSPS) is 12.1. The molecule has 0 fully saturated rings. The fourth-order valence-corrected chi connectivity index (χ4v) is 4.30. The van der Waals surface area contributed by atoms with Gasteiger partial charge in [-0.25, -0.2) is 13.1 Å². The van der Waals surface area contributed by atoms with Gasteiger partial charge in [-0.15, -0.1) is 0 Å². The van der Waals surface area contributed by atoms with Crippen LogP contribution in [0.2, 0.25) is 0 Å². The van der Waals surface area contributed by atoms with E-state index in [2.05, 4.69) is 18.6 Å². The fraction of sp³-hybridized carbons (Fsp3) is 0.357. The van der Waals surface area contributed by atoms with Gasteiger partial charge < -0.3 is 0 Å². The lowest BCUT2D eigenvalue weighted by Crippen LogP contribution is -2.24. The third-order valence-corrected chi connectivity index (χ3v) is 5.78. The molecule has 1 N–H and O–H groups in total. The smallest absolute Gasteiger partial charge is 0.243 e. The van der Waals surface area contributed by atoms with Crippen molar-refractivity contribution in [3.63, 3.8) is 0 Å². The average Bonchev–Trinajstić information content (AvgIpc) is 3.09. The second kappa shape index (κ2) is 5.99. The van der Waals surface area contributed by atoms with Crippen molar-refractivity contribution in [3.05, 3.63) is 35.2 Å². The Morgan fingerprint density at radius 3 is 2.74 bits per heavy atom. The third kappa shape index (κ3) is 2.87. The Morgan fingerprint density at radius 2 is 2.04 bits per heavy atom. The van der Waals surface area contributed by atoms with E-state index in [9.17, 15) is 8.42 Å². The molecular weight excluding hydrogens is 334 g/mol. The van der Waals surface area contributed by atoms with Gasteiger partial charge >= 0.3 is 0 Å². The molecule has 1 aromatic carbocycles. The number of aryl methyl sites for hydroxylation is 2. The predicted molar refractivity (Wildman–Crippen MR) is 88.8 cm³/mol. The average molecular weight is 351 g/mol. The zero-order chi connectivity index (χ0) is 16.6. The van der Waals surface area contributed by atoms with Crippen LogP contribution in [0.4, 0.5) is 0 Å². The molecule has 0 aliphatic rings. The van der Waals surface area contributed by atoms with E-state index in [1.165, 1.54) is 0 Å². The van der Waals surface area contributed by atoms with E-state index in [1.807, 2.05) is 25.5 Å². The molecule has 0 unspecified atom stereocenters. The summed E-state index contributed by atoms with van der Waals surface area (Å²) < 4.78 is 37.9. The highest BCUT2D eigenvalue weighted by molar-refractivity contribution is 7.89. The lowest BCUT2D eigenvalue weighted by Gasteiger charge is -2.08. The molecule has 2 heterocycles. The van der Waals surface area contributed by atoms with Crippen LogP contribution in [0.1, 0.15) is 23.9 Å². The van der Waals surface area contributed by atoms with Crippen LogP contribution in [0.3, 0.4) is 0 Å². The van der Waals surface area contributed by atoms with Crippen molar-refractivity contribution in [2.75, 3.05) is 0 Å². The topological polar surface area (TPSA) is 89.8 Å². The van der Waals surface area contributed by atoms with Crippen LogP contribution in [0, 0.1) is 13.8 Å². The quantitative estimate of drug-likeness (QED) is 0.759. The molecule has 0 atom stereocenters. The zero-order valence-corrected chi connectivity index (χ0v) is 14.7. The van der Waals surface area contributed by atoms with Crippen LogP contribution in [-0.2, 0) is 23.1 Å². The van der Waals surface area contributed by atoms with Crippen LogP contribution in [0.15, 0.2) is 23.1 Å². The minimum absolute atomic E-state index is 0.155. The van der Waals surface area contributed by atoms with Gasteiger partial charge in [0.05, 0.1) is 17.4 Å². The minimum atomic E-state index is -3.67. The minimum Gasteiger partial charge on any atom is -0.270 e. The van der Waals surface area contributed by atoms with Crippen LogP contribution in [-0.4, -0.2) is 26.9 Å². The highest BCUT2D eigenvalue weighted by Gasteiger charge is 2.21. The highest BCUT2D eigenvalue weighted by Crippen LogP contribution is 2.21. The largest absolute Gasteiger partial charge is 0.270 e. The van der Waals surface area contributed by atoms with E-state index in [4.69, 9.17) is 0 Å². The Balaban J connectivity index is 1.91. The SMILES string of the molecule is CCn1nc(C)c(CNS(=O)(=O)c2cccc3nsnc23)c1C. The van der Waals surface area contributed by atoms with E-state index in [0.717, 1.165) is 35.2 Å². The van der Waals surface area contributed by atoms with Gasteiger partial charge in [-0.3, -0.25) is 4.68 Å². The summed E-state index contributed by atoms with van der Waals surface area (Å²) in [5.41, 5.74) is 3.70. The molecule has 23 heavy (non-hydrogen) atoms. The molecule has 0 amide bonds. The Bertz CT molecular complexity index is 959. The lowest BCUT2D eigenvalue weighted by molar-refractivity contribution is 0.581. The molecule has 0 bridgehead atoms. The summed E-state index contributed by atoms with van der Waals surface area (Å²) in [6.07, 6.45) is 0. The van der Waals surface area contributed by atoms with Crippen molar-refractivity contribution in [1.29, 1.82) is 0 Å². The molecule has 3 aromatic rings. The molecule has 0 spiro atoms. The number of nitrogens with one attached hydrogen (secondary N) is 1. The molecule has 0 radical (unpaired) electrons. The van der Waals surface area contributed by atoms with Crippen molar-refractivity contribution in [3.8, 4) is 0 Å². The summed E-state index contributed by atoms with van der Waals surface area (Å²) >= 11 is 1.00. The molecule has 7 nitrogen and oxygen atoms in total. The monoisotopic (exact) mass is 351 g/mol. The zero-order valence-electron chi connectivity index (χ0n) is 13.1. The molecule has 122 valence electrons. The van der Waals surface area contributed by atoms with E-state index in [0.29, 0.717) is 11.0 Å². The first-order valence-electron chi connectivity index (χ1n) is 7.18. The fourth-order valence-electron chi connectivity index (χ4n) is 2.54. The van der Waals surface area contributed by atoms with Crippen LogP contribution in [0.5, 0.6) is 0 Å². The third-order valence-electron chi connectivity index (χ3n) is 3.81. The number of sulfonamides is 1.